The molecule has 0 aliphatic carbocycles. The van der Waals surface area contributed by atoms with Gasteiger partial charge in [0.25, 0.3) is 0 Å². The van der Waals surface area contributed by atoms with Crippen molar-refractivity contribution in [2.24, 2.45) is 0 Å². The molecule has 0 aliphatic heterocycles. The molecule has 0 bridgehead atoms. The van der Waals surface area contributed by atoms with Gasteiger partial charge in [-0.3, -0.25) is 0 Å². The number of hydrogen-bond acceptors (Lipinski definition) is 1. The Morgan fingerprint density at radius 2 is 1.88 bits per heavy atom. The minimum Gasteiger partial charge on any atom is -0.241 e. The van der Waals surface area contributed by atoms with Crippen molar-refractivity contribution < 1.29 is 0 Å². The molecular formula is C14H18N2. The van der Waals surface area contributed by atoms with Crippen LogP contribution in [0.2, 0.25) is 0 Å². The minimum absolute atomic E-state index is 0.201. The molecule has 2 nitrogen and oxygen atoms in total. The van der Waals surface area contributed by atoms with Crippen molar-refractivity contribution in [1.29, 1.82) is 0 Å². The molecule has 16 heavy (non-hydrogen) atoms. The molecule has 2 heteroatoms. The molecule has 2 rings (SSSR count). The van der Waals surface area contributed by atoms with Gasteiger partial charge in [0, 0.05) is 6.20 Å². The SMILES string of the molecule is CCC(C)(C)c1cnn(-c2ccccc2)c1. The normalized spacial score (nSPS) is 11.7. The van der Waals surface area contributed by atoms with Gasteiger partial charge < -0.3 is 0 Å². The predicted molar refractivity (Wildman–Crippen MR) is 66.9 cm³/mol. The van der Waals surface area contributed by atoms with E-state index in [1.54, 1.807) is 0 Å². The first-order valence-electron chi connectivity index (χ1n) is 5.74. The fourth-order valence-electron chi connectivity index (χ4n) is 1.60. The highest BCUT2D eigenvalue weighted by molar-refractivity contribution is 5.32. The van der Waals surface area contributed by atoms with Gasteiger partial charge in [-0.05, 0) is 29.5 Å². The maximum absolute atomic E-state index is 4.42. The third-order valence-corrected chi connectivity index (χ3v) is 3.27. The molecular weight excluding hydrogens is 196 g/mol. The summed E-state index contributed by atoms with van der Waals surface area (Å²) in [5.41, 5.74) is 2.60. The van der Waals surface area contributed by atoms with Gasteiger partial charge in [-0.2, -0.15) is 5.10 Å². The number of nitrogens with zero attached hydrogens (tertiary/aromatic N) is 2. The fourth-order valence-corrected chi connectivity index (χ4v) is 1.60. The zero-order valence-corrected chi connectivity index (χ0v) is 10.1. The van der Waals surface area contributed by atoms with E-state index >= 15 is 0 Å². The molecule has 0 amide bonds. The Hall–Kier alpha value is -1.57. The van der Waals surface area contributed by atoms with Gasteiger partial charge in [0.15, 0.2) is 0 Å². The van der Waals surface area contributed by atoms with Crippen LogP contribution in [0.1, 0.15) is 32.8 Å². The zero-order valence-electron chi connectivity index (χ0n) is 10.1. The van der Waals surface area contributed by atoms with E-state index in [0.29, 0.717) is 0 Å². The maximum atomic E-state index is 4.42. The lowest BCUT2D eigenvalue weighted by atomic mass is 9.84. The van der Waals surface area contributed by atoms with E-state index in [-0.39, 0.29) is 5.41 Å². The summed E-state index contributed by atoms with van der Waals surface area (Å²) < 4.78 is 1.94. The van der Waals surface area contributed by atoms with E-state index in [2.05, 4.69) is 44.2 Å². The van der Waals surface area contributed by atoms with Crippen molar-refractivity contribution in [3.8, 4) is 5.69 Å². The van der Waals surface area contributed by atoms with E-state index in [4.69, 9.17) is 0 Å². The highest BCUT2D eigenvalue weighted by Gasteiger charge is 2.19. The molecule has 1 aromatic heterocycles. The Morgan fingerprint density at radius 1 is 1.19 bits per heavy atom. The lowest BCUT2D eigenvalue weighted by Gasteiger charge is -2.20. The maximum Gasteiger partial charge on any atom is 0.0645 e. The summed E-state index contributed by atoms with van der Waals surface area (Å²) in [5, 5.41) is 4.42. The second-order valence-electron chi connectivity index (χ2n) is 4.75. The van der Waals surface area contributed by atoms with Gasteiger partial charge in [0.1, 0.15) is 0 Å². The molecule has 0 radical (unpaired) electrons. The van der Waals surface area contributed by atoms with Crippen LogP contribution in [-0.4, -0.2) is 9.78 Å². The molecule has 0 aliphatic rings. The molecule has 0 spiro atoms. The summed E-state index contributed by atoms with van der Waals surface area (Å²) in [6.45, 7) is 6.71. The largest absolute Gasteiger partial charge is 0.241 e. The molecule has 1 heterocycles. The Morgan fingerprint density at radius 3 is 2.50 bits per heavy atom. The number of hydrogen-bond donors (Lipinski definition) is 0. The van der Waals surface area contributed by atoms with E-state index < -0.39 is 0 Å². The third kappa shape index (κ3) is 2.01. The van der Waals surface area contributed by atoms with Gasteiger partial charge in [0.2, 0.25) is 0 Å². The van der Waals surface area contributed by atoms with Crippen LogP contribution < -0.4 is 0 Å². The average molecular weight is 214 g/mol. The van der Waals surface area contributed by atoms with Crippen molar-refractivity contribution in [3.05, 3.63) is 48.3 Å². The molecule has 0 fully saturated rings. The van der Waals surface area contributed by atoms with Crippen LogP contribution in [0.4, 0.5) is 0 Å². The molecule has 2 aromatic rings. The third-order valence-electron chi connectivity index (χ3n) is 3.27. The monoisotopic (exact) mass is 214 g/mol. The smallest absolute Gasteiger partial charge is 0.0645 e. The van der Waals surface area contributed by atoms with E-state index in [1.807, 2.05) is 29.1 Å². The fraction of sp³-hybridized carbons (Fsp3) is 0.357. The van der Waals surface area contributed by atoms with E-state index in [0.717, 1.165) is 12.1 Å². The van der Waals surface area contributed by atoms with Crippen LogP contribution in [0.5, 0.6) is 0 Å². The molecule has 84 valence electrons. The van der Waals surface area contributed by atoms with Crippen LogP contribution in [0.25, 0.3) is 5.69 Å². The van der Waals surface area contributed by atoms with Crippen LogP contribution in [-0.2, 0) is 5.41 Å². The van der Waals surface area contributed by atoms with Crippen molar-refractivity contribution in [2.45, 2.75) is 32.6 Å². The second kappa shape index (κ2) is 4.12. The quantitative estimate of drug-likeness (QED) is 0.764. The first kappa shape index (κ1) is 10.9. The molecule has 0 saturated heterocycles. The average Bonchev–Trinajstić information content (AvgIpc) is 2.80. The molecule has 0 N–H and O–H groups in total. The van der Waals surface area contributed by atoms with Crippen LogP contribution in [0.3, 0.4) is 0 Å². The van der Waals surface area contributed by atoms with Crippen LogP contribution >= 0.6 is 0 Å². The summed E-state index contributed by atoms with van der Waals surface area (Å²) >= 11 is 0. The molecule has 0 atom stereocenters. The predicted octanol–water partition coefficient (Wildman–Crippen LogP) is 3.56. The van der Waals surface area contributed by atoms with Gasteiger partial charge in [-0.25, -0.2) is 4.68 Å². The summed E-state index contributed by atoms with van der Waals surface area (Å²) in [4.78, 5) is 0. The Kier molecular flexibility index (Phi) is 2.82. The first-order valence-corrected chi connectivity index (χ1v) is 5.74. The van der Waals surface area contributed by atoms with Crippen molar-refractivity contribution in [2.75, 3.05) is 0 Å². The summed E-state index contributed by atoms with van der Waals surface area (Å²) in [6.07, 6.45) is 5.21. The van der Waals surface area contributed by atoms with E-state index in [9.17, 15) is 0 Å². The Bertz CT molecular complexity index is 455. The topological polar surface area (TPSA) is 17.8 Å². The second-order valence-corrected chi connectivity index (χ2v) is 4.75. The Balaban J connectivity index is 2.34. The minimum atomic E-state index is 0.201. The standard InChI is InChI=1S/C14H18N2/c1-4-14(2,3)12-10-15-16(11-12)13-8-6-5-7-9-13/h5-11H,4H2,1-3H3. The number of para-hydroxylation sites is 1. The molecule has 0 unspecified atom stereocenters. The van der Waals surface area contributed by atoms with Gasteiger partial charge in [0.05, 0.1) is 11.9 Å². The Labute approximate surface area is 96.9 Å². The lowest BCUT2D eigenvalue weighted by molar-refractivity contribution is 0.506. The van der Waals surface area contributed by atoms with Gasteiger partial charge in [-0.15, -0.1) is 0 Å². The number of benzene rings is 1. The van der Waals surface area contributed by atoms with Crippen LogP contribution in [0, 0.1) is 0 Å². The summed E-state index contributed by atoms with van der Waals surface area (Å²) in [5.74, 6) is 0. The van der Waals surface area contributed by atoms with Gasteiger partial charge in [-0.1, -0.05) is 39.0 Å². The van der Waals surface area contributed by atoms with Gasteiger partial charge >= 0.3 is 0 Å². The van der Waals surface area contributed by atoms with E-state index in [1.165, 1.54) is 5.56 Å². The number of rotatable bonds is 3. The lowest BCUT2D eigenvalue weighted by Crippen LogP contribution is -2.14. The van der Waals surface area contributed by atoms with Crippen molar-refractivity contribution in [3.63, 3.8) is 0 Å². The molecule has 1 aromatic carbocycles. The highest BCUT2D eigenvalue weighted by Crippen LogP contribution is 2.26. The van der Waals surface area contributed by atoms with Crippen LogP contribution in [0.15, 0.2) is 42.7 Å². The molecule has 0 saturated carbocycles. The van der Waals surface area contributed by atoms with Crippen molar-refractivity contribution >= 4 is 0 Å². The summed E-state index contributed by atoms with van der Waals surface area (Å²) in [7, 11) is 0. The van der Waals surface area contributed by atoms with Crippen molar-refractivity contribution in [1.82, 2.24) is 9.78 Å². The first-order chi connectivity index (χ1) is 7.63. The highest BCUT2D eigenvalue weighted by atomic mass is 15.3. The summed E-state index contributed by atoms with van der Waals surface area (Å²) in [6, 6.07) is 10.2. The number of aromatic nitrogens is 2. The zero-order chi connectivity index (χ0) is 11.6.